The normalized spacial score (nSPS) is 21.0. The number of imidazole rings is 1. The molecule has 0 amide bonds. The van der Waals surface area contributed by atoms with E-state index >= 15 is 0 Å². The fraction of sp³-hybridized carbons (Fsp3) is 0.542. The van der Waals surface area contributed by atoms with Crippen molar-refractivity contribution in [3.8, 4) is 0 Å². The molecule has 2 aromatic heterocycles. The minimum Gasteiger partial charge on any atom is -0.353 e. The molecule has 32 heavy (non-hydrogen) atoms. The number of sulfonamides is 1. The van der Waals surface area contributed by atoms with E-state index in [1.165, 1.54) is 12.1 Å². The Kier molecular flexibility index (Phi) is 5.86. The molecule has 0 N–H and O–H groups in total. The third-order valence-corrected chi connectivity index (χ3v) is 9.00. The van der Waals surface area contributed by atoms with Crippen LogP contribution in [-0.2, 0) is 30.2 Å². The summed E-state index contributed by atoms with van der Waals surface area (Å²) < 4.78 is 32.4. The van der Waals surface area contributed by atoms with Gasteiger partial charge in [0.15, 0.2) is 0 Å². The number of piperidine rings is 1. The van der Waals surface area contributed by atoms with E-state index < -0.39 is 10.0 Å². The Morgan fingerprint density at radius 1 is 1.06 bits per heavy atom. The van der Waals surface area contributed by atoms with Crippen molar-refractivity contribution >= 4 is 21.1 Å². The highest BCUT2D eigenvalue weighted by molar-refractivity contribution is 7.89. The molecule has 0 bridgehead atoms. The van der Waals surface area contributed by atoms with Crippen molar-refractivity contribution in [2.75, 3.05) is 19.6 Å². The van der Waals surface area contributed by atoms with Gasteiger partial charge >= 0.3 is 0 Å². The summed E-state index contributed by atoms with van der Waals surface area (Å²) in [6, 6.07) is 10.2. The Morgan fingerprint density at radius 3 is 2.59 bits per heavy atom. The number of rotatable bonds is 6. The Balaban J connectivity index is 1.46. The van der Waals surface area contributed by atoms with Crippen molar-refractivity contribution < 1.29 is 8.42 Å². The van der Waals surface area contributed by atoms with E-state index in [-0.39, 0.29) is 0 Å². The number of aryl methyl sites for hydroxylation is 2. The maximum Gasteiger partial charge on any atom is 0.243 e. The van der Waals surface area contributed by atoms with E-state index in [1.807, 2.05) is 6.07 Å². The standard InChI is InChI=1S/C24H33N5O2S/c1-3-29-21-12-11-19(32(30,31)28-15-5-4-6-16-28)17-20(21)25-24(29)18-27-14-8-10-23(27)22-9-7-13-26(22)2/h7,9,11-13,17,23H,3-6,8,10,14-16,18H2,1-2H3. The van der Waals surface area contributed by atoms with E-state index in [9.17, 15) is 8.42 Å². The summed E-state index contributed by atoms with van der Waals surface area (Å²) >= 11 is 0. The number of fused-ring (bicyclic) bond motifs is 1. The van der Waals surface area contributed by atoms with Crippen molar-refractivity contribution in [3.63, 3.8) is 0 Å². The smallest absolute Gasteiger partial charge is 0.243 e. The van der Waals surface area contributed by atoms with Crippen LogP contribution >= 0.6 is 0 Å². The number of aromatic nitrogens is 3. The first kappa shape index (κ1) is 21.7. The predicted molar refractivity (Wildman–Crippen MR) is 126 cm³/mol. The molecule has 1 unspecified atom stereocenters. The molecule has 2 aliphatic rings. The lowest BCUT2D eigenvalue weighted by Crippen LogP contribution is -2.35. The monoisotopic (exact) mass is 455 g/mol. The van der Waals surface area contributed by atoms with Gasteiger partial charge in [-0.15, -0.1) is 0 Å². The minimum absolute atomic E-state index is 0.363. The van der Waals surface area contributed by atoms with Crippen molar-refractivity contribution in [1.82, 2.24) is 23.3 Å². The van der Waals surface area contributed by atoms with E-state index in [1.54, 1.807) is 16.4 Å². The van der Waals surface area contributed by atoms with Crippen LogP contribution in [0.5, 0.6) is 0 Å². The molecule has 0 saturated carbocycles. The van der Waals surface area contributed by atoms with Gasteiger partial charge in [-0.2, -0.15) is 4.31 Å². The molecular formula is C24H33N5O2S. The molecule has 2 saturated heterocycles. The second-order valence-corrected chi connectivity index (χ2v) is 11.0. The second kappa shape index (κ2) is 8.65. The number of nitrogens with zero attached hydrogens (tertiary/aromatic N) is 5. The van der Waals surface area contributed by atoms with Crippen molar-refractivity contribution in [1.29, 1.82) is 0 Å². The van der Waals surface area contributed by atoms with Crippen LogP contribution in [0, 0.1) is 0 Å². The van der Waals surface area contributed by atoms with Crippen LogP contribution in [0.3, 0.4) is 0 Å². The maximum atomic E-state index is 13.2. The quantitative estimate of drug-likeness (QED) is 0.565. The molecule has 2 fully saturated rings. The van der Waals surface area contributed by atoms with E-state index in [0.717, 1.165) is 62.2 Å². The van der Waals surface area contributed by atoms with Gasteiger partial charge in [-0.05, 0) is 69.5 Å². The number of benzene rings is 1. The molecule has 172 valence electrons. The molecule has 4 heterocycles. The van der Waals surface area contributed by atoms with Gasteiger partial charge in [0, 0.05) is 38.6 Å². The second-order valence-electron chi connectivity index (χ2n) is 9.06. The van der Waals surface area contributed by atoms with Crippen molar-refractivity contribution in [2.45, 2.75) is 63.1 Å². The minimum atomic E-state index is -3.46. The number of hydrogen-bond donors (Lipinski definition) is 0. The fourth-order valence-corrected chi connectivity index (χ4v) is 6.94. The van der Waals surface area contributed by atoms with Gasteiger partial charge in [0.05, 0.1) is 28.5 Å². The third kappa shape index (κ3) is 3.78. The summed E-state index contributed by atoms with van der Waals surface area (Å²) in [5.41, 5.74) is 3.13. The van der Waals surface area contributed by atoms with Crippen molar-refractivity contribution in [2.24, 2.45) is 7.05 Å². The Hall–Kier alpha value is -2.16. The highest BCUT2D eigenvalue weighted by Crippen LogP contribution is 2.34. The highest BCUT2D eigenvalue weighted by Gasteiger charge is 2.30. The lowest BCUT2D eigenvalue weighted by molar-refractivity contribution is 0.232. The maximum absolute atomic E-state index is 13.2. The molecule has 3 aromatic rings. The van der Waals surface area contributed by atoms with E-state index in [2.05, 4.69) is 46.3 Å². The van der Waals surface area contributed by atoms with Gasteiger partial charge in [0.25, 0.3) is 0 Å². The van der Waals surface area contributed by atoms with Crippen LogP contribution in [0.1, 0.15) is 56.6 Å². The molecule has 7 nitrogen and oxygen atoms in total. The lowest BCUT2D eigenvalue weighted by Gasteiger charge is -2.25. The predicted octanol–water partition coefficient (Wildman–Crippen LogP) is 3.91. The topological polar surface area (TPSA) is 63.4 Å². The van der Waals surface area contributed by atoms with Crippen LogP contribution < -0.4 is 0 Å². The Labute approximate surface area is 190 Å². The van der Waals surface area contributed by atoms with E-state index in [4.69, 9.17) is 4.98 Å². The SMILES string of the molecule is CCn1c(CN2CCCC2c2cccn2C)nc2cc(S(=O)(=O)N3CCCCC3)ccc21. The summed E-state index contributed by atoms with van der Waals surface area (Å²) in [5, 5.41) is 0. The molecular weight excluding hydrogens is 422 g/mol. The summed E-state index contributed by atoms with van der Waals surface area (Å²) in [6.07, 6.45) is 7.43. The third-order valence-electron chi connectivity index (χ3n) is 7.10. The first-order valence-corrected chi connectivity index (χ1v) is 13.3. The largest absolute Gasteiger partial charge is 0.353 e. The average Bonchev–Trinajstić information content (AvgIpc) is 3.52. The van der Waals surface area contributed by atoms with Gasteiger partial charge < -0.3 is 9.13 Å². The summed E-state index contributed by atoms with van der Waals surface area (Å²) in [5.74, 6) is 1.01. The average molecular weight is 456 g/mol. The van der Waals surface area contributed by atoms with Crippen LogP contribution in [-0.4, -0.2) is 51.4 Å². The summed E-state index contributed by atoms with van der Waals surface area (Å²) in [4.78, 5) is 7.81. The lowest BCUT2D eigenvalue weighted by atomic mass is 10.1. The molecule has 1 atom stereocenters. The summed E-state index contributed by atoms with van der Waals surface area (Å²) in [6.45, 7) is 5.99. The zero-order valence-corrected chi connectivity index (χ0v) is 19.9. The van der Waals surface area contributed by atoms with Crippen LogP contribution in [0.2, 0.25) is 0 Å². The number of likely N-dealkylation sites (tertiary alicyclic amines) is 1. The molecule has 0 spiro atoms. The Bertz CT molecular complexity index is 1210. The van der Waals surface area contributed by atoms with Crippen molar-refractivity contribution in [3.05, 3.63) is 48.0 Å². The van der Waals surface area contributed by atoms with Gasteiger partial charge in [-0.25, -0.2) is 13.4 Å². The van der Waals surface area contributed by atoms with Crippen LogP contribution in [0.4, 0.5) is 0 Å². The molecule has 0 aliphatic carbocycles. The molecule has 5 rings (SSSR count). The number of hydrogen-bond acceptors (Lipinski definition) is 4. The molecule has 8 heteroatoms. The molecule has 1 aromatic carbocycles. The van der Waals surface area contributed by atoms with Gasteiger partial charge in [-0.3, -0.25) is 4.90 Å². The van der Waals surface area contributed by atoms with Gasteiger partial charge in [0.2, 0.25) is 10.0 Å². The summed E-state index contributed by atoms with van der Waals surface area (Å²) in [7, 11) is -1.35. The zero-order chi connectivity index (χ0) is 22.3. The molecule has 0 radical (unpaired) electrons. The van der Waals surface area contributed by atoms with Gasteiger partial charge in [0.1, 0.15) is 5.82 Å². The first-order valence-electron chi connectivity index (χ1n) is 11.8. The highest BCUT2D eigenvalue weighted by atomic mass is 32.2. The van der Waals surface area contributed by atoms with Crippen LogP contribution in [0.15, 0.2) is 41.4 Å². The van der Waals surface area contributed by atoms with E-state index in [0.29, 0.717) is 24.0 Å². The van der Waals surface area contributed by atoms with Crippen LogP contribution in [0.25, 0.3) is 11.0 Å². The fourth-order valence-electron chi connectivity index (χ4n) is 5.40. The Morgan fingerprint density at radius 2 is 1.88 bits per heavy atom. The first-order chi connectivity index (χ1) is 15.5. The zero-order valence-electron chi connectivity index (χ0n) is 19.1. The van der Waals surface area contributed by atoms with Gasteiger partial charge in [-0.1, -0.05) is 6.42 Å². The molecule has 2 aliphatic heterocycles.